The summed E-state index contributed by atoms with van der Waals surface area (Å²) >= 11 is 0. The second kappa shape index (κ2) is 10.1. The van der Waals surface area contributed by atoms with Crippen molar-refractivity contribution in [3.63, 3.8) is 0 Å². The van der Waals surface area contributed by atoms with Crippen molar-refractivity contribution >= 4 is 17.7 Å². The molecule has 0 saturated heterocycles. The zero-order valence-electron chi connectivity index (χ0n) is 16.1. The topological polar surface area (TPSA) is 90.9 Å². The van der Waals surface area contributed by atoms with E-state index in [9.17, 15) is 14.4 Å². The van der Waals surface area contributed by atoms with E-state index < -0.39 is 12.1 Å². The molecule has 1 amide bonds. The molecule has 0 radical (unpaired) electrons. The van der Waals surface area contributed by atoms with Crippen LogP contribution in [0.15, 0.2) is 48.5 Å². The molecule has 0 fully saturated rings. The SMILES string of the molecule is CNC(=O)CCC(=O)OC(C(=O)c1ccccc1)c1cc(OC)cc(OC)c1. The van der Waals surface area contributed by atoms with Crippen LogP contribution in [-0.2, 0) is 14.3 Å². The van der Waals surface area contributed by atoms with Gasteiger partial charge in [0.05, 0.1) is 20.6 Å². The molecule has 0 spiro atoms. The molecule has 28 heavy (non-hydrogen) atoms. The second-order valence-electron chi connectivity index (χ2n) is 5.92. The molecule has 7 nitrogen and oxygen atoms in total. The maximum Gasteiger partial charge on any atom is 0.307 e. The Kier molecular flexibility index (Phi) is 7.56. The number of esters is 1. The fraction of sp³-hybridized carbons (Fsp3) is 0.286. The van der Waals surface area contributed by atoms with Crippen LogP contribution in [0.1, 0.15) is 34.9 Å². The van der Waals surface area contributed by atoms with Gasteiger partial charge in [-0.15, -0.1) is 0 Å². The lowest BCUT2D eigenvalue weighted by atomic mass is 9.99. The van der Waals surface area contributed by atoms with E-state index in [0.29, 0.717) is 22.6 Å². The Bertz CT molecular complexity index is 812. The van der Waals surface area contributed by atoms with Crippen molar-refractivity contribution in [1.82, 2.24) is 5.32 Å². The van der Waals surface area contributed by atoms with Gasteiger partial charge in [-0.05, 0) is 12.1 Å². The van der Waals surface area contributed by atoms with Crippen molar-refractivity contribution in [2.75, 3.05) is 21.3 Å². The zero-order chi connectivity index (χ0) is 20.5. The van der Waals surface area contributed by atoms with Crippen molar-refractivity contribution in [2.24, 2.45) is 0 Å². The van der Waals surface area contributed by atoms with Crippen molar-refractivity contribution in [2.45, 2.75) is 18.9 Å². The summed E-state index contributed by atoms with van der Waals surface area (Å²) in [7, 11) is 4.46. The summed E-state index contributed by atoms with van der Waals surface area (Å²) < 4.78 is 16.0. The number of benzene rings is 2. The number of ether oxygens (including phenoxy) is 3. The van der Waals surface area contributed by atoms with Crippen LogP contribution in [0, 0.1) is 0 Å². The molecular formula is C21H23NO6. The number of carbonyl (C=O) groups excluding carboxylic acids is 3. The second-order valence-corrected chi connectivity index (χ2v) is 5.92. The largest absolute Gasteiger partial charge is 0.497 e. The molecule has 0 saturated carbocycles. The number of amides is 1. The number of nitrogens with one attached hydrogen (secondary N) is 1. The van der Waals surface area contributed by atoms with Crippen LogP contribution < -0.4 is 14.8 Å². The van der Waals surface area contributed by atoms with Gasteiger partial charge in [-0.25, -0.2) is 0 Å². The first-order chi connectivity index (χ1) is 13.5. The van der Waals surface area contributed by atoms with Gasteiger partial charge in [0, 0.05) is 30.7 Å². The molecule has 1 N–H and O–H groups in total. The predicted molar refractivity (Wildman–Crippen MR) is 102 cm³/mol. The van der Waals surface area contributed by atoms with Crippen LogP contribution in [-0.4, -0.2) is 38.9 Å². The Balaban J connectivity index is 2.35. The lowest BCUT2D eigenvalue weighted by Crippen LogP contribution is -2.23. The quantitative estimate of drug-likeness (QED) is 0.527. The lowest BCUT2D eigenvalue weighted by molar-refractivity contribution is -0.148. The molecule has 0 aliphatic carbocycles. The van der Waals surface area contributed by atoms with E-state index in [0.717, 1.165) is 0 Å². The van der Waals surface area contributed by atoms with Gasteiger partial charge in [-0.2, -0.15) is 0 Å². The Labute approximate surface area is 163 Å². The van der Waals surface area contributed by atoms with Gasteiger partial charge < -0.3 is 19.5 Å². The number of hydrogen-bond donors (Lipinski definition) is 1. The van der Waals surface area contributed by atoms with E-state index in [2.05, 4.69) is 5.32 Å². The normalized spacial score (nSPS) is 11.2. The average Bonchev–Trinajstić information content (AvgIpc) is 2.75. The van der Waals surface area contributed by atoms with Gasteiger partial charge in [0.2, 0.25) is 11.7 Å². The number of Topliss-reactive ketones (excluding diaryl/α,β-unsaturated/α-hetero) is 1. The lowest BCUT2D eigenvalue weighted by Gasteiger charge is -2.19. The van der Waals surface area contributed by atoms with Crippen LogP contribution in [0.25, 0.3) is 0 Å². The number of hydrogen-bond acceptors (Lipinski definition) is 6. The van der Waals surface area contributed by atoms with E-state index >= 15 is 0 Å². The fourth-order valence-electron chi connectivity index (χ4n) is 2.54. The van der Waals surface area contributed by atoms with E-state index in [4.69, 9.17) is 14.2 Å². The van der Waals surface area contributed by atoms with Crippen LogP contribution >= 0.6 is 0 Å². The highest BCUT2D eigenvalue weighted by Gasteiger charge is 2.27. The van der Waals surface area contributed by atoms with Gasteiger partial charge in [0.25, 0.3) is 0 Å². The zero-order valence-corrected chi connectivity index (χ0v) is 16.1. The summed E-state index contributed by atoms with van der Waals surface area (Å²) in [6, 6.07) is 13.4. The number of rotatable bonds is 9. The molecule has 0 aliphatic heterocycles. The summed E-state index contributed by atoms with van der Waals surface area (Å²) in [5.74, 6) is -0.405. The molecule has 0 bridgehead atoms. The molecule has 0 aromatic heterocycles. The third-order valence-electron chi connectivity index (χ3n) is 4.06. The minimum absolute atomic E-state index is 0.0248. The first kappa shape index (κ1) is 21.0. The summed E-state index contributed by atoms with van der Waals surface area (Å²) in [5, 5.41) is 2.44. The number of methoxy groups -OCH3 is 2. The summed E-state index contributed by atoms with van der Waals surface area (Å²) in [6.07, 6.45) is -1.36. The molecule has 2 rings (SSSR count). The van der Waals surface area contributed by atoms with Crippen molar-refractivity contribution < 1.29 is 28.6 Å². The van der Waals surface area contributed by atoms with Crippen molar-refractivity contribution in [3.8, 4) is 11.5 Å². The van der Waals surface area contributed by atoms with Crippen LogP contribution in [0.4, 0.5) is 0 Å². The Hall–Kier alpha value is -3.35. The molecule has 148 valence electrons. The molecular weight excluding hydrogens is 362 g/mol. The molecule has 1 atom stereocenters. The smallest absolute Gasteiger partial charge is 0.307 e. The molecule has 0 aliphatic rings. The predicted octanol–water partition coefficient (Wildman–Crippen LogP) is 2.70. The van der Waals surface area contributed by atoms with Gasteiger partial charge in [0.15, 0.2) is 6.10 Å². The highest BCUT2D eigenvalue weighted by atomic mass is 16.5. The van der Waals surface area contributed by atoms with E-state index in [1.807, 2.05) is 0 Å². The maximum atomic E-state index is 13.0. The van der Waals surface area contributed by atoms with E-state index in [1.54, 1.807) is 48.5 Å². The van der Waals surface area contributed by atoms with Crippen LogP contribution in [0.3, 0.4) is 0 Å². The highest BCUT2D eigenvalue weighted by Crippen LogP contribution is 2.30. The summed E-state index contributed by atoms with van der Waals surface area (Å²) in [5.41, 5.74) is 0.812. The first-order valence-corrected chi connectivity index (χ1v) is 8.70. The Morgan fingerprint density at radius 2 is 1.54 bits per heavy atom. The first-order valence-electron chi connectivity index (χ1n) is 8.70. The molecule has 0 heterocycles. The Morgan fingerprint density at radius 1 is 0.929 bits per heavy atom. The fourth-order valence-corrected chi connectivity index (χ4v) is 2.54. The van der Waals surface area contributed by atoms with Gasteiger partial charge in [-0.1, -0.05) is 30.3 Å². The number of carbonyl (C=O) groups is 3. The highest BCUT2D eigenvalue weighted by molar-refractivity contribution is 6.01. The van der Waals surface area contributed by atoms with E-state index in [-0.39, 0.29) is 24.5 Å². The minimum atomic E-state index is -1.19. The molecule has 2 aromatic rings. The molecule has 7 heteroatoms. The van der Waals surface area contributed by atoms with Crippen molar-refractivity contribution in [3.05, 3.63) is 59.7 Å². The summed E-state index contributed by atoms with van der Waals surface area (Å²) in [4.78, 5) is 36.7. The van der Waals surface area contributed by atoms with Crippen LogP contribution in [0.2, 0.25) is 0 Å². The summed E-state index contributed by atoms with van der Waals surface area (Å²) in [6.45, 7) is 0. The maximum absolute atomic E-state index is 13.0. The Morgan fingerprint density at radius 3 is 2.07 bits per heavy atom. The number of ketones is 1. The van der Waals surface area contributed by atoms with Crippen molar-refractivity contribution in [1.29, 1.82) is 0 Å². The molecule has 1 unspecified atom stereocenters. The standard InChI is InChI=1S/C21H23NO6/c1-22-18(23)9-10-19(24)28-21(20(25)14-7-5-4-6-8-14)15-11-16(26-2)13-17(12-15)27-3/h4-8,11-13,21H,9-10H2,1-3H3,(H,22,23). The van der Waals surface area contributed by atoms with Gasteiger partial charge in [0.1, 0.15) is 11.5 Å². The molecule has 2 aromatic carbocycles. The third kappa shape index (κ3) is 5.57. The van der Waals surface area contributed by atoms with Gasteiger partial charge in [-0.3, -0.25) is 14.4 Å². The monoisotopic (exact) mass is 385 g/mol. The third-order valence-corrected chi connectivity index (χ3v) is 4.06. The van der Waals surface area contributed by atoms with Crippen LogP contribution in [0.5, 0.6) is 11.5 Å². The van der Waals surface area contributed by atoms with Gasteiger partial charge >= 0.3 is 5.97 Å². The average molecular weight is 385 g/mol. The van der Waals surface area contributed by atoms with E-state index in [1.165, 1.54) is 21.3 Å². The minimum Gasteiger partial charge on any atom is -0.497 e.